The molecule has 8 atom stereocenters. The maximum Gasteiger partial charge on any atom is 0.0724 e. The molecule has 0 aromatic carbocycles. The van der Waals surface area contributed by atoms with Crippen LogP contribution in [-0.4, -0.2) is 11.2 Å². The van der Waals surface area contributed by atoms with Crippen molar-refractivity contribution in [3.05, 3.63) is 11.6 Å². The van der Waals surface area contributed by atoms with Crippen molar-refractivity contribution >= 4 is 0 Å². The van der Waals surface area contributed by atoms with Crippen LogP contribution in [0.15, 0.2) is 11.6 Å². The van der Waals surface area contributed by atoms with Crippen molar-refractivity contribution in [2.45, 2.75) is 111 Å². The predicted molar refractivity (Wildman–Crippen MR) is 119 cm³/mol. The van der Waals surface area contributed by atoms with Gasteiger partial charge in [-0.15, -0.1) is 0 Å². The average Bonchev–Trinajstić information content (AvgIpc) is 2.99. The van der Waals surface area contributed by atoms with E-state index in [2.05, 4.69) is 40.7 Å². The van der Waals surface area contributed by atoms with E-state index in [4.69, 9.17) is 0 Å². The summed E-state index contributed by atoms with van der Waals surface area (Å²) < 4.78 is 0. The van der Waals surface area contributed by atoms with Gasteiger partial charge >= 0.3 is 0 Å². The molecule has 1 nitrogen and oxygen atoms in total. The smallest absolute Gasteiger partial charge is 0.0724 e. The van der Waals surface area contributed by atoms with Gasteiger partial charge in [-0.3, -0.25) is 0 Å². The van der Waals surface area contributed by atoms with E-state index in [0.29, 0.717) is 10.8 Å². The van der Waals surface area contributed by atoms with Gasteiger partial charge in [-0.05, 0) is 97.7 Å². The molecule has 0 spiro atoms. The van der Waals surface area contributed by atoms with E-state index in [1.807, 2.05) is 0 Å². The predicted octanol–water partition coefficient (Wildman–Crippen LogP) is 7.39. The molecule has 4 rings (SSSR count). The Morgan fingerprint density at radius 2 is 1.75 bits per heavy atom. The van der Waals surface area contributed by atoms with E-state index in [1.54, 1.807) is 5.57 Å². The minimum absolute atomic E-state index is 0.170. The molecule has 1 heteroatoms. The second-order valence-electron chi connectivity index (χ2n) is 12.2. The van der Waals surface area contributed by atoms with Crippen molar-refractivity contribution in [3.8, 4) is 0 Å². The molecule has 0 unspecified atom stereocenters. The van der Waals surface area contributed by atoms with Gasteiger partial charge in [0.25, 0.3) is 0 Å². The summed E-state index contributed by atoms with van der Waals surface area (Å²) in [6.07, 6.45) is 17.1. The van der Waals surface area contributed by atoms with Crippen LogP contribution in [0.3, 0.4) is 0 Å². The van der Waals surface area contributed by atoms with Crippen molar-refractivity contribution < 1.29 is 5.11 Å². The van der Waals surface area contributed by atoms with Crippen LogP contribution in [0.1, 0.15) is 105 Å². The summed E-state index contributed by atoms with van der Waals surface area (Å²) >= 11 is 0. The van der Waals surface area contributed by atoms with E-state index in [9.17, 15) is 5.11 Å². The van der Waals surface area contributed by atoms with Crippen molar-refractivity contribution in [2.75, 3.05) is 0 Å². The fraction of sp³-hybridized carbons (Fsp3) is 0.926. The Hall–Kier alpha value is -0.300. The van der Waals surface area contributed by atoms with E-state index in [-0.39, 0.29) is 6.10 Å². The highest BCUT2D eigenvalue weighted by Gasteiger charge is 2.59. The molecule has 0 aromatic rings. The zero-order valence-corrected chi connectivity index (χ0v) is 19.3. The molecular formula is C27H46O. The maximum absolute atomic E-state index is 10.2. The lowest BCUT2D eigenvalue weighted by Gasteiger charge is -2.59. The number of allylic oxidation sites excluding steroid dienone is 1. The molecule has 160 valence electrons. The third-order valence-electron chi connectivity index (χ3n) is 10.3. The minimum atomic E-state index is -0.170. The second-order valence-corrected chi connectivity index (χ2v) is 12.2. The molecule has 0 radical (unpaired) electrons. The minimum Gasteiger partial charge on any atom is -0.389 e. The molecule has 0 saturated heterocycles. The fourth-order valence-electron chi connectivity index (χ4n) is 8.73. The lowest BCUT2D eigenvalue weighted by atomic mass is 9.46. The van der Waals surface area contributed by atoms with Crippen LogP contribution < -0.4 is 0 Å². The molecule has 3 saturated carbocycles. The van der Waals surface area contributed by atoms with Crippen LogP contribution in [0, 0.1) is 46.3 Å². The van der Waals surface area contributed by atoms with Gasteiger partial charge in [0.1, 0.15) is 0 Å². The van der Waals surface area contributed by atoms with Crippen LogP contribution in [0.4, 0.5) is 0 Å². The van der Waals surface area contributed by atoms with Gasteiger partial charge < -0.3 is 5.11 Å². The van der Waals surface area contributed by atoms with Crippen LogP contribution in [0.5, 0.6) is 0 Å². The van der Waals surface area contributed by atoms with E-state index >= 15 is 0 Å². The molecule has 3 fully saturated rings. The number of rotatable bonds is 5. The summed E-state index contributed by atoms with van der Waals surface area (Å²) in [5.41, 5.74) is 2.61. The van der Waals surface area contributed by atoms with Crippen molar-refractivity contribution in [2.24, 2.45) is 46.3 Å². The molecule has 4 aliphatic rings. The Kier molecular flexibility index (Phi) is 5.80. The molecule has 0 aromatic heterocycles. The van der Waals surface area contributed by atoms with Gasteiger partial charge in [-0.1, -0.05) is 65.5 Å². The standard InChI is InChI=1S/C27H46O/c1-18(2)7-6-8-19(3)23-11-12-24-22-10-9-20-17-21(28)13-15-26(20,4)25(22)14-16-27(23,24)5/h17-19,21-25,28H,6-16H2,1-5H3/t19-,21+,22-,23+,24-,25-,26-,27+/m0/s1. The number of hydrogen-bond acceptors (Lipinski definition) is 1. The summed E-state index contributed by atoms with van der Waals surface area (Å²) in [5.74, 6) is 5.52. The summed E-state index contributed by atoms with van der Waals surface area (Å²) in [4.78, 5) is 0. The lowest BCUT2D eigenvalue weighted by Crippen LogP contribution is -2.51. The Morgan fingerprint density at radius 1 is 0.964 bits per heavy atom. The van der Waals surface area contributed by atoms with Crippen LogP contribution in [-0.2, 0) is 0 Å². The zero-order chi connectivity index (χ0) is 20.1. The molecule has 4 aliphatic carbocycles. The first-order valence-corrected chi connectivity index (χ1v) is 12.6. The molecule has 28 heavy (non-hydrogen) atoms. The third-order valence-corrected chi connectivity index (χ3v) is 10.3. The monoisotopic (exact) mass is 386 g/mol. The summed E-state index contributed by atoms with van der Waals surface area (Å²) in [7, 11) is 0. The Bertz CT molecular complexity index is 591. The highest BCUT2D eigenvalue weighted by molar-refractivity contribution is 5.25. The number of aliphatic hydroxyl groups excluding tert-OH is 1. The molecule has 0 amide bonds. The number of fused-ring (bicyclic) bond motifs is 5. The van der Waals surface area contributed by atoms with Crippen molar-refractivity contribution in [1.82, 2.24) is 0 Å². The second kappa shape index (κ2) is 7.75. The fourth-order valence-corrected chi connectivity index (χ4v) is 8.73. The molecule has 0 heterocycles. The Morgan fingerprint density at radius 3 is 2.50 bits per heavy atom. The van der Waals surface area contributed by atoms with Crippen molar-refractivity contribution in [3.63, 3.8) is 0 Å². The first kappa shape index (κ1) is 21.0. The summed E-state index contributed by atoms with van der Waals surface area (Å²) in [6.45, 7) is 12.6. The molecular weight excluding hydrogens is 340 g/mol. The average molecular weight is 387 g/mol. The van der Waals surface area contributed by atoms with Crippen LogP contribution >= 0.6 is 0 Å². The topological polar surface area (TPSA) is 20.2 Å². The highest BCUT2D eigenvalue weighted by atomic mass is 16.3. The SMILES string of the molecule is CC(C)CCC[C@H](C)[C@H]1CC[C@H]2[C@@H]3CCC4=C[C@H](O)CC[C@]4(C)[C@H]3CC[C@]12C. The maximum atomic E-state index is 10.2. The van der Waals surface area contributed by atoms with Gasteiger partial charge in [0, 0.05) is 0 Å². The summed E-state index contributed by atoms with van der Waals surface area (Å²) in [5, 5.41) is 10.2. The quantitative estimate of drug-likeness (QED) is 0.488. The van der Waals surface area contributed by atoms with Gasteiger partial charge in [-0.25, -0.2) is 0 Å². The molecule has 1 N–H and O–H groups in total. The van der Waals surface area contributed by atoms with Gasteiger partial charge in [-0.2, -0.15) is 0 Å². The van der Waals surface area contributed by atoms with E-state index < -0.39 is 0 Å². The van der Waals surface area contributed by atoms with E-state index in [1.165, 1.54) is 64.2 Å². The Labute approximate surface area is 174 Å². The number of hydrogen-bond donors (Lipinski definition) is 1. The lowest BCUT2D eigenvalue weighted by molar-refractivity contribution is -0.0626. The Balaban J connectivity index is 1.48. The van der Waals surface area contributed by atoms with Gasteiger partial charge in [0.15, 0.2) is 0 Å². The van der Waals surface area contributed by atoms with Gasteiger partial charge in [0.2, 0.25) is 0 Å². The third kappa shape index (κ3) is 3.42. The first-order chi connectivity index (χ1) is 13.3. The van der Waals surface area contributed by atoms with Gasteiger partial charge in [0.05, 0.1) is 6.10 Å². The molecule has 0 bridgehead atoms. The number of aliphatic hydroxyl groups is 1. The van der Waals surface area contributed by atoms with Crippen LogP contribution in [0.2, 0.25) is 0 Å². The van der Waals surface area contributed by atoms with Crippen molar-refractivity contribution in [1.29, 1.82) is 0 Å². The normalized spacial score (nSPS) is 46.5. The zero-order valence-electron chi connectivity index (χ0n) is 19.3. The van der Waals surface area contributed by atoms with E-state index in [0.717, 1.165) is 41.9 Å². The molecule has 0 aliphatic heterocycles. The highest BCUT2D eigenvalue weighted by Crippen LogP contribution is 2.67. The van der Waals surface area contributed by atoms with Crippen LogP contribution in [0.25, 0.3) is 0 Å². The first-order valence-electron chi connectivity index (χ1n) is 12.6. The summed E-state index contributed by atoms with van der Waals surface area (Å²) in [6, 6.07) is 0. The largest absolute Gasteiger partial charge is 0.389 e.